The number of para-hydroxylation sites is 1. The molecule has 1 saturated carbocycles. The number of hydrogen-bond acceptors (Lipinski definition) is 3. The van der Waals surface area contributed by atoms with Gasteiger partial charge in [0.25, 0.3) is 0 Å². The van der Waals surface area contributed by atoms with Crippen LogP contribution in [0.25, 0.3) is 11.0 Å². The van der Waals surface area contributed by atoms with Crippen molar-refractivity contribution >= 4 is 17.0 Å². The van der Waals surface area contributed by atoms with E-state index < -0.39 is 12.3 Å². The maximum Gasteiger partial charge on any atom is 0.573 e. The molecule has 3 aromatic rings. The Morgan fingerprint density at radius 2 is 1.94 bits per heavy atom. The minimum atomic E-state index is -4.80. The van der Waals surface area contributed by atoms with Crippen LogP contribution >= 0.6 is 0 Å². The Morgan fingerprint density at radius 3 is 2.61 bits per heavy atom. The number of fused-ring (bicyclic) bond motifs is 1. The number of benzene rings is 2. The number of carboxylic acids is 1. The van der Waals surface area contributed by atoms with E-state index in [1.807, 2.05) is 0 Å². The van der Waals surface area contributed by atoms with Crippen LogP contribution in [0.15, 0.2) is 42.5 Å². The van der Waals surface area contributed by atoms with Crippen LogP contribution < -0.4 is 4.74 Å². The third-order valence-electron chi connectivity index (χ3n) is 6.29. The van der Waals surface area contributed by atoms with E-state index in [0.29, 0.717) is 22.8 Å². The van der Waals surface area contributed by atoms with Gasteiger partial charge < -0.3 is 14.4 Å². The monoisotopic (exact) mass is 460 g/mol. The Labute approximate surface area is 190 Å². The molecule has 1 N–H and O–H groups in total. The average molecular weight is 460 g/mol. The van der Waals surface area contributed by atoms with Gasteiger partial charge >= 0.3 is 12.3 Å². The van der Waals surface area contributed by atoms with Gasteiger partial charge in [0.05, 0.1) is 16.6 Å². The van der Waals surface area contributed by atoms with Crippen LogP contribution in [0.2, 0.25) is 0 Å². The summed E-state index contributed by atoms with van der Waals surface area (Å²) in [4.78, 5) is 16.2. The number of imidazole rings is 1. The van der Waals surface area contributed by atoms with Gasteiger partial charge in [-0.25, -0.2) is 9.78 Å². The van der Waals surface area contributed by atoms with Crippen molar-refractivity contribution < 1.29 is 27.8 Å². The van der Waals surface area contributed by atoms with Crippen molar-refractivity contribution in [2.45, 2.75) is 58.9 Å². The number of carboxylic acid groups (broad SMARTS) is 1. The van der Waals surface area contributed by atoms with Crippen molar-refractivity contribution in [2.24, 2.45) is 11.3 Å². The summed E-state index contributed by atoms with van der Waals surface area (Å²) in [6.45, 7) is 6.66. The third-order valence-corrected chi connectivity index (χ3v) is 6.29. The molecule has 0 saturated heterocycles. The van der Waals surface area contributed by atoms with Gasteiger partial charge in [0.2, 0.25) is 0 Å². The van der Waals surface area contributed by atoms with Gasteiger partial charge in [-0.3, -0.25) is 0 Å². The minimum Gasteiger partial charge on any atom is -0.478 e. The zero-order valence-corrected chi connectivity index (χ0v) is 18.8. The number of carbonyl (C=O) groups is 1. The average Bonchev–Trinajstić information content (AvgIpc) is 3.03. The van der Waals surface area contributed by atoms with Crippen LogP contribution in [0, 0.1) is 11.3 Å². The standard InChI is InChI=1S/C25H27F3N2O3/c1-15-10-18(14-24(2,3)13-15)30-20-9-8-17(23(31)32)11-19(20)29-22(30)12-16-6-4-5-7-21(16)33-25(26,27)28/h4-9,11,15,18H,10,12-14H2,1-3H3,(H,31,32). The Morgan fingerprint density at radius 1 is 1.21 bits per heavy atom. The quantitative estimate of drug-likeness (QED) is 0.465. The van der Waals surface area contributed by atoms with Gasteiger partial charge in [0.1, 0.15) is 11.6 Å². The second kappa shape index (κ2) is 8.39. The normalized spacial score (nSPS) is 20.7. The van der Waals surface area contributed by atoms with Crippen LogP contribution in [-0.2, 0) is 6.42 Å². The number of nitrogens with zero attached hydrogens (tertiary/aromatic N) is 2. The van der Waals surface area contributed by atoms with Crippen LogP contribution in [-0.4, -0.2) is 27.0 Å². The molecule has 5 nitrogen and oxygen atoms in total. The summed E-state index contributed by atoms with van der Waals surface area (Å²) >= 11 is 0. The van der Waals surface area contributed by atoms with E-state index in [4.69, 9.17) is 4.98 Å². The fraction of sp³-hybridized carbons (Fsp3) is 0.440. The number of aromatic nitrogens is 2. The van der Waals surface area contributed by atoms with Gasteiger partial charge in [0.15, 0.2) is 0 Å². The number of ether oxygens (including phenoxy) is 1. The molecule has 4 rings (SSSR count). The first kappa shape index (κ1) is 23.1. The lowest BCUT2D eigenvalue weighted by Crippen LogP contribution is -2.30. The van der Waals surface area contributed by atoms with Crippen molar-refractivity contribution in [3.05, 3.63) is 59.4 Å². The molecular weight excluding hydrogens is 433 g/mol. The molecule has 33 heavy (non-hydrogen) atoms. The number of hydrogen-bond donors (Lipinski definition) is 1. The van der Waals surface area contributed by atoms with Crippen molar-refractivity contribution in [3.8, 4) is 5.75 Å². The SMILES string of the molecule is CC1CC(n2c(Cc3ccccc3OC(F)(F)F)nc3cc(C(=O)O)ccc32)CC(C)(C)C1. The molecule has 1 aromatic heterocycles. The van der Waals surface area contributed by atoms with Gasteiger partial charge in [-0.2, -0.15) is 0 Å². The van der Waals surface area contributed by atoms with Crippen molar-refractivity contribution in [1.82, 2.24) is 9.55 Å². The van der Waals surface area contributed by atoms with E-state index >= 15 is 0 Å². The molecule has 1 aliphatic carbocycles. The first-order valence-corrected chi connectivity index (χ1v) is 11.0. The molecule has 1 aliphatic rings. The predicted molar refractivity (Wildman–Crippen MR) is 118 cm³/mol. The largest absolute Gasteiger partial charge is 0.573 e. The maximum atomic E-state index is 12.9. The van der Waals surface area contributed by atoms with Crippen LogP contribution in [0.1, 0.15) is 67.8 Å². The van der Waals surface area contributed by atoms with E-state index in [-0.39, 0.29) is 29.2 Å². The smallest absolute Gasteiger partial charge is 0.478 e. The first-order chi connectivity index (χ1) is 15.4. The summed E-state index contributed by atoms with van der Waals surface area (Å²) in [5.74, 6) is -0.236. The lowest BCUT2D eigenvalue weighted by Gasteiger charge is -2.40. The second-order valence-electron chi connectivity index (χ2n) is 9.81. The van der Waals surface area contributed by atoms with Crippen LogP contribution in [0.3, 0.4) is 0 Å². The third kappa shape index (κ3) is 5.15. The number of aromatic carboxylic acids is 1. The summed E-state index contributed by atoms with van der Waals surface area (Å²) in [5.41, 5.74) is 1.91. The molecule has 0 radical (unpaired) electrons. The molecule has 2 atom stereocenters. The molecule has 2 aromatic carbocycles. The second-order valence-corrected chi connectivity index (χ2v) is 9.81. The van der Waals surface area contributed by atoms with E-state index in [0.717, 1.165) is 24.8 Å². The Bertz CT molecular complexity index is 1180. The topological polar surface area (TPSA) is 64.4 Å². The molecule has 8 heteroatoms. The molecule has 0 bridgehead atoms. The summed E-state index contributed by atoms with van der Waals surface area (Å²) in [6.07, 6.45) is -1.75. The zero-order valence-electron chi connectivity index (χ0n) is 18.8. The highest BCUT2D eigenvalue weighted by Gasteiger charge is 2.35. The van der Waals surface area contributed by atoms with Crippen molar-refractivity contribution in [1.29, 1.82) is 0 Å². The number of alkyl halides is 3. The van der Waals surface area contributed by atoms with Gasteiger partial charge in [-0.05, 0) is 54.9 Å². The van der Waals surface area contributed by atoms with Crippen LogP contribution in [0.5, 0.6) is 5.75 Å². The van der Waals surface area contributed by atoms with Gasteiger partial charge in [-0.1, -0.05) is 39.0 Å². The highest BCUT2D eigenvalue weighted by Crippen LogP contribution is 2.45. The van der Waals surface area contributed by atoms with Crippen molar-refractivity contribution in [2.75, 3.05) is 0 Å². The van der Waals surface area contributed by atoms with Gasteiger partial charge in [0, 0.05) is 18.0 Å². The Hall–Kier alpha value is -3.03. The summed E-state index contributed by atoms with van der Waals surface area (Å²) in [5, 5.41) is 9.39. The Kier molecular flexibility index (Phi) is 5.88. The lowest BCUT2D eigenvalue weighted by molar-refractivity contribution is -0.274. The van der Waals surface area contributed by atoms with E-state index in [1.165, 1.54) is 18.2 Å². The molecular formula is C25H27F3N2O3. The molecule has 1 heterocycles. The van der Waals surface area contributed by atoms with E-state index in [1.54, 1.807) is 24.3 Å². The number of rotatable bonds is 5. The fourth-order valence-electron chi connectivity index (χ4n) is 5.35. The summed E-state index contributed by atoms with van der Waals surface area (Å²) in [7, 11) is 0. The molecule has 2 unspecified atom stereocenters. The fourth-order valence-corrected chi connectivity index (χ4v) is 5.35. The molecule has 1 fully saturated rings. The first-order valence-electron chi connectivity index (χ1n) is 11.0. The summed E-state index contributed by atoms with van der Waals surface area (Å²) < 4.78 is 45.2. The lowest BCUT2D eigenvalue weighted by atomic mass is 9.70. The predicted octanol–water partition coefficient (Wildman–Crippen LogP) is 6.61. The minimum absolute atomic E-state index is 0.106. The molecule has 0 amide bonds. The van der Waals surface area contributed by atoms with Crippen molar-refractivity contribution in [3.63, 3.8) is 0 Å². The van der Waals surface area contributed by atoms with E-state index in [9.17, 15) is 23.1 Å². The van der Waals surface area contributed by atoms with E-state index in [2.05, 4.69) is 30.1 Å². The highest BCUT2D eigenvalue weighted by molar-refractivity contribution is 5.92. The molecule has 0 aliphatic heterocycles. The summed E-state index contributed by atoms with van der Waals surface area (Å²) in [6, 6.07) is 11.0. The maximum absolute atomic E-state index is 12.9. The Balaban J connectivity index is 1.83. The molecule has 176 valence electrons. The zero-order chi connectivity index (χ0) is 24.0. The highest BCUT2D eigenvalue weighted by atomic mass is 19.4. The van der Waals surface area contributed by atoms with Crippen LogP contribution in [0.4, 0.5) is 13.2 Å². The van der Waals surface area contributed by atoms with Gasteiger partial charge in [-0.15, -0.1) is 13.2 Å². The number of halogens is 3. The molecule has 0 spiro atoms.